The first-order valence-electron chi connectivity index (χ1n) is 19.3. The van der Waals surface area contributed by atoms with Crippen molar-refractivity contribution in [1.82, 2.24) is 29.1 Å². The predicted molar refractivity (Wildman–Crippen MR) is 206 cm³/mol. The lowest BCUT2D eigenvalue weighted by Gasteiger charge is -2.36. The Hall–Kier alpha value is -3.29. The quantitative estimate of drug-likeness (QED) is 0.183. The van der Waals surface area contributed by atoms with E-state index in [1.165, 1.54) is 11.1 Å². The zero-order valence-electron chi connectivity index (χ0n) is 31.3. The number of likely N-dealkylation sites (tertiary alicyclic amines) is 2. The molecular weight excluding hydrogens is 734 g/mol. The van der Waals surface area contributed by atoms with E-state index >= 15 is 0 Å². The number of hydrogen-bond donors (Lipinski definition) is 1. The number of aromatic nitrogens is 3. The average molecular weight is 783 g/mol. The zero-order chi connectivity index (χ0) is 38.0. The van der Waals surface area contributed by atoms with E-state index in [2.05, 4.69) is 61.0 Å². The predicted octanol–water partition coefficient (Wildman–Crippen LogP) is 6.53. The second kappa shape index (κ2) is 14.3. The van der Waals surface area contributed by atoms with Gasteiger partial charge >= 0.3 is 6.18 Å². The number of nitrogens with one attached hydrogen (secondary N) is 1. The summed E-state index contributed by atoms with van der Waals surface area (Å²) in [7, 11) is -3.27. The number of rotatable bonds is 11. The van der Waals surface area contributed by atoms with Gasteiger partial charge in [-0.1, -0.05) is 13.0 Å². The van der Waals surface area contributed by atoms with Crippen LogP contribution in [0.15, 0.2) is 24.3 Å². The van der Waals surface area contributed by atoms with Gasteiger partial charge < -0.3 is 9.47 Å². The Morgan fingerprint density at radius 3 is 2.52 bits per heavy atom. The molecule has 4 fully saturated rings. The van der Waals surface area contributed by atoms with Crippen molar-refractivity contribution >= 4 is 48.3 Å². The number of aryl methyl sites for hydroxylation is 2. The fourth-order valence-electron chi connectivity index (χ4n) is 9.05. The van der Waals surface area contributed by atoms with Crippen molar-refractivity contribution in [2.45, 2.75) is 109 Å². The van der Waals surface area contributed by atoms with Gasteiger partial charge in [-0.05, 0) is 101 Å². The van der Waals surface area contributed by atoms with Gasteiger partial charge in [-0.2, -0.15) is 18.4 Å². The molecule has 1 aliphatic carbocycles. The molecule has 0 amide bonds. The molecule has 10 nitrogen and oxygen atoms in total. The maximum Gasteiger partial charge on any atom is 0.393 e. The van der Waals surface area contributed by atoms with Crippen molar-refractivity contribution in [3.05, 3.63) is 51.8 Å². The number of hydrogen-bond acceptors (Lipinski definition) is 9. The smallest absolute Gasteiger partial charge is 0.355 e. The van der Waals surface area contributed by atoms with Gasteiger partial charge in [0.05, 0.1) is 17.1 Å². The lowest BCUT2D eigenvalue weighted by Crippen LogP contribution is -2.47. The molecule has 6 heterocycles. The Balaban J connectivity index is 0.930. The Morgan fingerprint density at radius 1 is 1.06 bits per heavy atom. The van der Waals surface area contributed by atoms with Gasteiger partial charge in [-0.15, -0.1) is 11.3 Å². The minimum Gasteiger partial charge on any atom is -0.355 e. The number of nitrogens with zero attached hydrogens (tertiary/aromatic N) is 7. The Bertz CT molecular complexity index is 2200. The van der Waals surface area contributed by atoms with Crippen LogP contribution in [-0.4, -0.2) is 95.5 Å². The molecule has 4 aliphatic rings. The van der Waals surface area contributed by atoms with Gasteiger partial charge in [0.1, 0.15) is 28.2 Å². The third-order valence-corrected chi connectivity index (χ3v) is 15.3. The minimum absolute atomic E-state index is 0.0896. The highest BCUT2D eigenvalue weighted by Crippen LogP contribution is 2.44. The summed E-state index contributed by atoms with van der Waals surface area (Å²) in [5.74, 6) is 1.43. The number of sulfonamides is 1. The third-order valence-electron chi connectivity index (χ3n) is 12.3. The summed E-state index contributed by atoms with van der Waals surface area (Å²) in [6, 6.07) is 10.7. The largest absolute Gasteiger partial charge is 0.393 e. The van der Waals surface area contributed by atoms with Crippen LogP contribution >= 0.6 is 11.3 Å². The highest BCUT2D eigenvalue weighted by atomic mass is 32.2. The van der Waals surface area contributed by atoms with E-state index in [0.717, 1.165) is 105 Å². The summed E-state index contributed by atoms with van der Waals surface area (Å²) in [6.45, 7) is 12.7. The van der Waals surface area contributed by atoms with Crippen LogP contribution in [-0.2, 0) is 36.0 Å². The number of fused-ring (bicyclic) bond motifs is 2. The summed E-state index contributed by atoms with van der Waals surface area (Å²) in [4.78, 5) is 17.5. The molecular formula is C39H49F3N8O2S2. The molecule has 3 aromatic heterocycles. The molecule has 290 valence electrons. The van der Waals surface area contributed by atoms with Gasteiger partial charge in [0.2, 0.25) is 10.0 Å². The molecule has 1 aromatic carbocycles. The zero-order valence-corrected chi connectivity index (χ0v) is 32.9. The SMILES string of the molecule is CCc1nc(N2CCC3(CCN(Cc4ccc5c(cc(C#N)n5C[C@H](C)N5CCC(S(=O)(=O)NC6CC6)CC5)c4C)C3)C2)c2cc(CC(F)(F)F)sc2n1. The maximum atomic E-state index is 13.2. The lowest BCUT2D eigenvalue weighted by atomic mass is 9.86. The molecule has 54 heavy (non-hydrogen) atoms. The topological polar surface area (TPSA) is 110 Å². The first kappa shape index (κ1) is 37.6. The minimum atomic E-state index is -4.27. The third kappa shape index (κ3) is 7.61. The van der Waals surface area contributed by atoms with Gasteiger partial charge in [0, 0.05) is 72.4 Å². The monoisotopic (exact) mass is 782 g/mol. The molecule has 3 saturated heterocycles. The van der Waals surface area contributed by atoms with Crippen LogP contribution < -0.4 is 9.62 Å². The Kier molecular flexibility index (Phi) is 9.99. The number of benzene rings is 1. The first-order valence-corrected chi connectivity index (χ1v) is 21.7. The van der Waals surface area contributed by atoms with Crippen molar-refractivity contribution in [2.24, 2.45) is 5.41 Å². The highest BCUT2D eigenvalue weighted by molar-refractivity contribution is 7.90. The molecule has 4 aromatic rings. The number of nitriles is 1. The van der Waals surface area contributed by atoms with Crippen molar-refractivity contribution in [3.63, 3.8) is 0 Å². The molecule has 0 bridgehead atoms. The molecule has 3 aliphatic heterocycles. The molecule has 0 radical (unpaired) electrons. The van der Waals surface area contributed by atoms with Gasteiger partial charge in [-0.3, -0.25) is 9.80 Å². The second-order valence-corrected chi connectivity index (χ2v) is 19.3. The maximum absolute atomic E-state index is 13.2. The molecule has 1 saturated carbocycles. The van der Waals surface area contributed by atoms with Crippen molar-refractivity contribution in [1.29, 1.82) is 5.26 Å². The van der Waals surface area contributed by atoms with Crippen molar-refractivity contribution in [3.8, 4) is 6.07 Å². The van der Waals surface area contributed by atoms with Crippen molar-refractivity contribution < 1.29 is 21.6 Å². The van der Waals surface area contributed by atoms with E-state index in [4.69, 9.17) is 4.98 Å². The van der Waals surface area contributed by atoms with Crippen molar-refractivity contribution in [2.75, 3.05) is 44.2 Å². The Morgan fingerprint density at radius 2 is 1.81 bits per heavy atom. The van der Waals surface area contributed by atoms with Crippen LogP contribution in [0.4, 0.5) is 19.0 Å². The summed E-state index contributed by atoms with van der Waals surface area (Å²) in [5, 5.41) is 11.6. The van der Waals surface area contributed by atoms with Gasteiger partial charge in [-0.25, -0.2) is 23.1 Å². The summed E-state index contributed by atoms with van der Waals surface area (Å²) in [6.07, 6.45) is 0.574. The van der Waals surface area contributed by atoms with Gasteiger partial charge in [0.15, 0.2) is 0 Å². The molecule has 8 rings (SSSR count). The second-order valence-electron chi connectivity index (χ2n) is 16.2. The normalized spacial score (nSPS) is 22.6. The van der Waals surface area contributed by atoms with E-state index < -0.39 is 22.6 Å². The van der Waals surface area contributed by atoms with Crippen LogP contribution in [0.1, 0.15) is 79.9 Å². The Labute approximate surface area is 319 Å². The lowest BCUT2D eigenvalue weighted by molar-refractivity contribution is -0.126. The van der Waals surface area contributed by atoms with Crippen LogP contribution in [0.25, 0.3) is 21.1 Å². The van der Waals surface area contributed by atoms with E-state index in [0.29, 0.717) is 42.2 Å². The molecule has 1 N–H and O–H groups in total. The first-order chi connectivity index (χ1) is 25.7. The van der Waals surface area contributed by atoms with Crippen LogP contribution in [0.3, 0.4) is 0 Å². The van der Waals surface area contributed by atoms with Crippen LogP contribution in [0.5, 0.6) is 0 Å². The summed E-state index contributed by atoms with van der Waals surface area (Å²) in [5.41, 5.74) is 4.20. The summed E-state index contributed by atoms with van der Waals surface area (Å²) >= 11 is 1.12. The summed E-state index contributed by atoms with van der Waals surface area (Å²) < 4.78 is 70.3. The van der Waals surface area contributed by atoms with E-state index in [-0.39, 0.29) is 27.6 Å². The number of piperidine rings is 1. The molecule has 1 unspecified atom stereocenters. The fourth-order valence-corrected chi connectivity index (χ4v) is 11.9. The number of thiophene rings is 1. The standard InChI is InChI=1S/C39H49F3N8O2S2/c1-4-35-44-36(33-18-30(19-39(40,41)42)53-37(33)45-35)49-16-12-38(24-49)11-15-47(23-38)22-27-5-8-34-32(26(27)3)17-29(20-43)50(34)21-25(2)48-13-9-31(10-14-48)54(51,52)46-28-6-7-28/h5,8,17-18,25,28,31,46H,4,6-7,9-16,19,21-24H2,1-3H3/t25-,38?/m0/s1. The van der Waals surface area contributed by atoms with E-state index in [9.17, 15) is 26.9 Å². The number of alkyl halides is 3. The fraction of sp³-hybridized carbons (Fsp3) is 0.615. The van der Waals surface area contributed by atoms with E-state index in [1.807, 2.05) is 13.0 Å². The average Bonchev–Trinajstić information content (AvgIpc) is 3.43. The number of anilines is 1. The highest BCUT2D eigenvalue weighted by Gasteiger charge is 2.44. The van der Waals surface area contributed by atoms with E-state index in [1.54, 1.807) is 6.07 Å². The van der Waals surface area contributed by atoms with Crippen LogP contribution in [0, 0.1) is 23.7 Å². The van der Waals surface area contributed by atoms with Gasteiger partial charge in [0.25, 0.3) is 0 Å². The van der Waals surface area contributed by atoms with Crippen LogP contribution in [0.2, 0.25) is 0 Å². The molecule has 2 atom stereocenters. The number of halogens is 3. The molecule has 15 heteroatoms. The molecule has 1 spiro atoms.